The topological polar surface area (TPSA) is 0 Å². The summed E-state index contributed by atoms with van der Waals surface area (Å²) in [5, 5.41) is 0. The monoisotopic (exact) mass is 1250 g/mol. The first kappa shape index (κ1) is 59.0. The minimum absolute atomic E-state index is 0.311. The van der Waals surface area contributed by atoms with Gasteiger partial charge in [-0.15, -0.1) is 0 Å². The Bertz CT molecular complexity index is 3660. The SMILES string of the molecule is C1=CC2CC1C1C3CCC(C3)C21.C1=CC2CC1C1CC3(CC21)c1ccccc1-c1ccccc13.C1=CC2CC1C1CC3CCCCC3C21.C1=CC2CC1C1Cc3ccccc3C21.C1=CC2CC1CC2c1ccccc1.C1=CC2CCC1C2.CC1CC2CC1C1C3C=CC(C3)C21. The Labute approximate surface area is 573 Å². The third kappa shape index (κ3) is 9.54. The van der Waals surface area contributed by atoms with Crippen LogP contribution in [0.2, 0.25) is 0 Å². The highest BCUT2D eigenvalue weighted by Gasteiger charge is 2.62. The van der Waals surface area contributed by atoms with E-state index in [0.29, 0.717) is 5.41 Å². The second kappa shape index (κ2) is 23.3. The number of allylic oxidation sites excluding steroid dienone is 14. The maximum absolute atomic E-state index is 2.56. The summed E-state index contributed by atoms with van der Waals surface area (Å²) >= 11 is 0. The van der Waals surface area contributed by atoms with Gasteiger partial charge in [-0.1, -0.05) is 214 Å². The molecule has 4 aromatic rings. The lowest BCUT2D eigenvalue weighted by Crippen LogP contribution is -2.29. The van der Waals surface area contributed by atoms with Crippen LogP contribution in [-0.4, -0.2) is 0 Å². The summed E-state index contributed by atoms with van der Waals surface area (Å²) in [7, 11) is 0. The van der Waals surface area contributed by atoms with Crippen LogP contribution in [0.5, 0.6) is 0 Å². The van der Waals surface area contributed by atoms with Crippen molar-refractivity contribution in [3.05, 3.63) is 216 Å². The normalized spacial score (nSPS) is 48.3. The summed E-state index contributed by atoms with van der Waals surface area (Å²) in [6, 6.07) is 38.4. The Balaban J connectivity index is 0.0000000752. The molecule has 23 aliphatic rings. The molecule has 492 valence electrons. The summed E-state index contributed by atoms with van der Waals surface area (Å²) in [4.78, 5) is 0. The van der Waals surface area contributed by atoms with E-state index in [-0.39, 0.29) is 0 Å². The molecule has 14 saturated carbocycles. The molecule has 0 aromatic heterocycles. The first-order valence-electron chi connectivity index (χ1n) is 41.0. The fourth-order valence-corrected chi connectivity index (χ4v) is 30.6. The number of fused-ring (bicyclic) bond motifs is 46. The first-order valence-corrected chi connectivity index (χ1v) is 41.0. The van der Waals surface area contributed by atoms with Gasteiger partial charge >= 0.3 is 0 Å². The summed E-state index contributed by atoms with van der Waals surface area (Å²) in [6.07, 6.45) is 69.3. The maximum atomic E-state index is 2.56. The third-order valence-corrected chi connectivity index (χ3v) is 33.8. The molecule has 0 amide bonds. The standard InChI is InChI=1S/C22H20.C14H20.C14H14.C13H18.C13H14.C12H16.C7H10/c1-3-7-20-16(5-1)17-6-2-4-8-21(17)22(20)12-18-14-9-10-15(11-14)19(18)13-22;2*1-2-4-12-9(3-1)8-13-10-5-6-11(7-10)14(12)13;1-7-4-10-6-11(7)13-9-3-2-8(5-9)12(10)13;1-2-4-11(5-3-1)13-9-10-6-7-12(13)8-10;1-2-8-5-7(1)11-9-3-4-10(6-9)12(8)11;1-2-7-4-3-6(1)5-7/h1-10,14-15,18-19H,11-13H2;5-6,9-14H,1-4,7-8H2;1-6,10-11,13-14H,7-8H2;2-3,7-13H,4-6H2,1H3;1-7,10,12-13H,8-9H2;1-2,7-12H,3-6H2;1-2,6-7H,3-5H2. The molecule has 0 aliphatic heterocycles. The fourth-order valence-electron chi connectivity index (χ4n) is 30.6. The molecule has 32 atom stereocenters. The van der Waals surface area contributed by atoms with Crippen molar-refractivity contribution in [2.75, 3.05) is 0 Å². The van der Waals surface area contributed by atoms with Gasteiger partial charge in [0.1, 0.15) is 0 Å². The highest BCUT2D eigenvalue weighted by Crippen LogP contribution is 2.70. The van der Waals surface area contributed by atoms with E-state index in [4.69, 9.17) is 0 Å². The average molecular weight is 1250 g/mol. The molecular weight excluding hydrogens is 1140 g/mol. The van der Waals surface area contributed by atoms with Crippen LogP contribution < -0.4 is 0 Å². The lowest BCUT2D eigenvalue weighted by molar-refractivity contribution is 0.160. The van der Waals surface area contributed by atoms with E-state index in [9.17, 15) is 0 Å². The van der Waals surface area contributed by atoms with E-state index < -0.39 is 0 Å². The van der Waals surface area contributed by atoms with Crippen LogP contribution in [0.15, 0.2) is 188 Å². The van der Waals surface area contributed by atoms with Crippen molar-refractivity contribution in [3.63, 3.8) is 0 Å². The van der Waals surface area contributed by atoms with Crippen LogP contribution in [0.25, 0.3) is 11.1 Å². The molecule has 18 bridgehead atoms. The summed E-state index contributed by atoms with van der Waals surface area (Å²) in [5.74, 6) is 32.5. The second-order valence-corrected chi connectivity index (χ2v) is 37.5. The molecule has 0 saturated heterocycles. The molecule has 32 unspecified atom stereocenters. The molecule has 0 radical (unpaired) electrons. The Morgan fingerprint density at radius 2 is 0.821 bits per heavy atom. The minimum atomic E-state index is 0.311. The van der Waals surface area contributed by atoms with Crippen LogP contribution in [0.4, 0.5) is 0 Å². The van der Waals surface area contributed by atoms with Crippen LogP contribution in [-0.2, 0) is 11.8 Å². The van der Waals surface area contributed by atoms with E-state index >= 15 is 0 Å². The maximum Gasteiger partial charge on any atom is 0.0221 e. The minimum Gasteiger partial charge on any atom is -0.0851 e. The van der Waals surface area contributed by atoms with Crippen LogP contribution in [0, 0.1) is 178 Å². The van der Waals surface area contributed by atoms with E-state index in [1.165, 1.54) is 107 Å². The molecular formula is C95H112. The molecule has 23 aliphatic carbocycles. The van der Waals surface area contributed by atoms with Gasteiger partial charge in [0.25, 0.3) is 0 Å². The van der Waals surface area contributed by atoms with E-state index in [2.05, 4.69) is 195 Å². The fraction of sp³-hybridized carbons (Fsp3) is 0.600. The third-order valence-electron chi connectivity index (χ3n) is 33.8. The van der Waals surface area contributed by atoms with Crippen molar-refractivity contribution in [1.29, 1.82) is 0 Å². The molecule has 1 spiro atoms. The van der Waals surface area contributed by atoms with Crippen molar-refractivity contribution < 1.29 is 0 Å². The number of rotatable bonds is 1. The van der Waals surface area contributed by atoms with Gasteiger partial charge in [0.15, 0.2) is 0 Å². The van der Waals surface area contributed by atoms with E-state index in [1.807, 2.05) is 0 Å². The molecule has 0 nitrogen and oxygen atoms in total. The van der Waals surface area contributed by atoms with Gasteiger partial charge in [0.2, 0.25) is 0 Å². The van der Waals surface area contributed by atoms with Crippen molar-refractivity contribution in [2.24, 2.45) is 178 Å². The number of hydrogen-bond donors (Lipinski definition) is 0. The van der Waals surface area contributed by atoms with Gasteiger partial charge in [-0.05, 0) is 357 Å². The van der Waals surface area contributed by atoms with Gasteiger partial charge in [-0.25, -0.2) is 0 Å². The summed E-state index contributed by atoms with van der Waals surface area (Å²) in [6.45, 7) is 2.50. The lowest BCUT2D eigenvalue weighted by atomic mass is 9.70. The van der Waals surface area contributed by atoms with Crippen molar-refractivity contribution in [2.45, 2.75) is 172 Å². The average Bonchev–Trinajstić information content (AvgIpc) is 1.53. The van der Waals surface area contributed by atoms with E-state index in [1.54, 1.807) is 79.2 Å². The number of hydrogen-bond acceptors (Lipinski definition) is 0. The van der Waals surface area contributed by atoms with Gasteiger partial charge in [-0.3, -0.25) is 0 Å². The Hall–Kier alpha value is -4.94. The lowest BCUT2D eigenvalue weighted by Gasteiger charge is -2.35. The largest absolute Gasteiger partial charge is 0.0851 e. The molecule has 95 heavy (non-hydrogen) atoms. The number of benzene rings is 4. The quantitative estimate of drug-likeness (QED) is 0.132. The Morgan fingerprint density at radius 1 is 0.305 bits per heavy atom. The molecule has 0 heterocycles. The first-order chi connectivity index (χ1) is 46.9. The zero-order valence-electron chi connectivity index (χ0n) is 57.6. The predicted molar refractivity (Wildman–Crippen MR) is 391 cm³/mol. The van der Waals surface area contributed by atoms with Crippen LogP contribution in [0.3, 0.4) is 0 Å². The van der Waals surface area contributed by atoms with Gasteiger partial charge in [-0.2, -0.15) is 0 Å². The summed E-state index contributed by atoms with van der Waals surface area (Å²) < 4.78 is 0. The molecule has 0 N–H and O–H groups in total. The second-order valence-electron chi connectivity index (χ2n) is 37.5. The summed E-state index contributed by atoms with van der Waals surface area (Å²) in [5.41, 5.74) is 11.4. The Morgan fingerprint density at radius 3 is 1.46 bits per heavy atom. The zero-order chi connectivity index (χ0) is 62.2. The molecule has 4 aromatic carbocycles. The Kier molecular flexibility index (Phi) is 14.5. The molecule has 0 heteroatoms. The highest BCUT2D eigenvalue weighted by atomic mass is 14.7. The van der Waals surface area contributed by atoms with Crippen LogP contribution in [0.1, 0.15) is 188 Å². The molecule has 14 fully saturated rings. The smallest absolute Gasteiger partial charge is 0.0221 e. The van der Waals surface area contributed by atoms with Crippen molar-refractivity contribution in [3.8, 4) is 11.1 Å². The highest BCUT2D eigenvalue weighted by molar-refractivity contribution is 5.81. The zero-order valence-corrected chi connectivity index (χ0v) is 57.6. The van der Waals surface area contributed by atoms with Crippen molar-refractivity contribution >= 4 is 0 Å². The van der Waals surface area contributed by atoms with Crippen LogP contribution >= 0.6 is 0 Å². The van der Waals surface area contributed by atoms with Gasteiger partial charge < -0.3 is 0 Å². The molecule has 27 rings (SSSR count). The van der Waals surface area contributed by atoms with Gasteiger partial charge in [0, 0.05) is 5.41 Å². The predicted octanol–water partition coefficient (Wildman–Crippen LogP) is 23.3. The van der Waals surface area contributed by atoms with Crippen molar-refractivity contribution in [1.82, 2.24) is 0 Å². The van der Waals surface area contributed by atoms with Gasteiger partial charge in [0.05, 0.1) is 0 Å². The van der Waals surface area contributed by atoms with E-state index in [0.717, 1.165) is 189 Å².